The third-order valence-electron chi connectivity index (χ3n) is 3.30. The molecule has 1 aromatic rings. The van der Waals surface area contributed by atoms with Crippen molar-refractivity contribution in [2.75, 3.05) is 6.61 Å². The van der Waals surface area contributed by atoms with E-state index in [9.17, 15) is 20.1 Å². The van der Waals surface area contributed by atoms with E-state index < -0.39 is 43.3 Å². The Kier molecular flexibility index (Phi) is 5.64. The van der Waals surface area contributed by atoms with Gasteiger partial charge in [-0.2, -0.15) is 0 Å². The van der Waals surface area contributed by atoms with Crippen molar-refractivity contribution in [2.24, 2.45) is 0 Å². The fourth-order valence-electron chi connectivity index (χ4n) is 2.11. The second-order valence-electron chi connectivity index (χ2n) is 4.87. The summed E-state index contributed by atoms with van der Waals surface area (Å²) in [5.41, 5.74) is 0.779. The summed E-state index contributed by atoms with van der Waals surface area (Å²) in [6, 6.07) is 9.01. The van der Waals surface area contributed by atoms with Gasteiger partial charge in [-0.3, -0.25) is 0 Å². The smallest absolute Gasteiger partial charge is 0.331 e. The first-order chi connectivity index (χ1) is 10.5. The van der Waals surface area contributed by atoms with Crippen LogP contribution in [0.5, 0.6) is 0 Å². The summed E-state index contributed by atoms with van der Waals surface area (Å²) in [6.45, 7) is -0.584. The first-order valence-electron chi connectivity index (χ1n) is 6.77. The highest BCUT2D eigenvalue weighted by molar-refractivity contribution is 5.87. The molecule has 7 nitrogen and oxygen atoms in total. The first kappa shape index (κ1) is 16.6. The largest absolute Gasteiger partial charge is 0.453 e. The van der Waals surface area contributed by atoms with Crippen molar-refractivity contribution in [2.45, 2.75) is 30.7 Å². The summed E-state index contributed by atoms with van der Waals surface area (Å²) in [7, 11) is 0. The Morgan fingerprint density at radius 2 is 1.86 bits per heavy atom. The van der Waals surface area contributed by atoms with Crippen molar-refractivity contribution in [3.8, 4) is 0 Å². The highest BCUT2D eigenvalue weighted by Gasteiger charge is 2.45. The van der Waals surface area contributed by atoms with Gasteiger partial charge in [0.15, 0.2) is 12.4 Å². The van der Waals surface area contributed by atoms with Crippen molar-refractivity contribution in [3.63, 3.8) is 0 Å². The molecule has 1 fully saturated rings. The number of aliphatic hydroxyl groups is 4. The Labute approximate surface area is 127 Å². The van der Waals surface area contributed by atoms with Crippen LogP contribution in [0.15, 0.2) is 36.4 Å². The zero-order valence-corrected chi connectivity index (χ0v) is 11.6. The van der Waals surface area contributed by atoms with Gasteiger partial charge in [0.2, 0.25) is 0 Å². The molecule has 4 N–H and O–H groups in total. The number of hydrogen-bond donors (Lipinski definition) is 4. The topological polar surface area (TPSA) is 116 Å². The lowest BCUT2D eigenvalue weighted by Crippen LogP contribution is -2.59. The van der Waals surface area contributed by atoms with Crippen LogP contribution in [0.3, 0.4) is 0 Å². The van der Waals surface area contributed by atoms with Crippen molar-refractivity contribution in [1.82, 2.24) is 0 Å². The molecule has 1 aliphatic heterocycles. The lowest BCUT2D eigenvalue weighted by molar-refractivity contribution is -0.289. The minimum atomic E-state index is -1.66. The number of ether oxygens (including phenoxy) is 2. The molecule has 2 rings (SSSR count). The molecule has 0 bridgehead atoms. The molecule has 1 heterocycles. The summed E-state index contributed by atoms with van der Waals surface area (Å²) in [6.07, 6.45) is -4.59. The molecule has 0 aliphatic carbocycles. The molecule has 0 aromatic heterocycles. The minimum Gasteiger partial charge on any atom is -0.453 e. The zero-order valence-electron chi connectivity index (χ0n) is 11.6. The Hall–Kier alpha value is -1.77. The molecule has 1 saturated heterocycles. The van der Waals surface area contributed by atoms with Crippen LogP contribution in [0.1, 0.15) is 5.56 Å². The van der Waals surface area contributed by atoms with Crippen LogP contribution in [-0.4, -0.2) is 63.7 Å². The number of esters is 1. The monoisotopic (exact) mass is 310 g/mol. The van der Waals surface area contributed by atoms with Crippen molar-refractivity contribution in [1.29, 1.82) is 0 Å². The Morgan fingerprint density at radius 3 is 2.50 bits per heavy atom. The summed E-state index contributed by atoms with van der Waals surface area (Å²) >= 11 is 0. The van der Waals surface area contributed by atoms with E-state index in [2.05, 4.69) is 0 Å². The molecule has 0 radical (unpaired) electrons. The number of carbonyl (C=O) groups excluding carboxylic acids is 1. The van der Waals surface area contributed by atoms with E-state index in [0.717, 1.165) is 11.6 Å². The van der Waals surface area contributed by atoms with Crippen LogP contribution >= 0.6 is 0 Å². The maximum absolute atomic E-state index is 11.8. The highest BCUT2D eigenvalue weighted by Crippen LogP contribution is 2.22. The van der Waals surface area contributed by atoms with E-state index >= 15 is 0 Å². The van der Waals surface area contributed by atoms with Gasteiger partial charge in [-0.25, -0.2) is 4.79 Å². The van der Waals surface area contributed by atoms with Crippen molar-refractivity contribution >= 4 is 12.0 Å². The summed E-state index contributed by atoms with van der Waals surface area (Å²) < 4.78 is 9.76. The predicted octanol–water partition coefficient (Wildman–Crippen LogP) is -0.957. The second kappa shape index (κ2) is 7.48. The van der Waals surface area contributed by atoms with Gasteiger partial charge in [0.1, 0.15) is 18.3 Å². The number of rotatable bonds is 4. The molecule has 22 heavy (non-hydrogen) atoms. The molecule has 0 spiro atoms. The molecular weight excluding hydrogens is 292 g/mol. The average molecular weight is 310 g/mol. The molecule has 0 saturated carbocycles. The van der Waals surface area contributed by atoms with E-state index in [1.54, 1.807) is 24.3 Å². The van der Waals surface area contributed by atoms with Crippen LogP contribution in [0.25, 0.3) is 6.08 Å². The average Bonchev–Trinajstić information content (AvgIpc) is 2.54. The third-order valence-corrected chi connectivity index (χ3v) is 3.30. The number of hydrogen-bond acceptors (Lipinski definition) is 7. The van der Waals surface area contributed by atoms with Crippen LogP contribution < -0.4 is 0 Å². The van der Waals surface area contributed by atoms with E-state index in [1.165, 1.54) is 6.08 Å². The van der Waals surface area contributed by atoms with Crippen LogP contribution in [0.4, 0.5) is 0 Å². The molecule has 1 aromatic carbocycles. The van der Waals surface area contributed by atoms with Crippen LogP contribution in [0, 0.1) is 0 Å². The fraction of sp³-hybridized carbons (Fsp3) is 0.400. The number of carbonyl (C=O) groups is 1. The molecule has 0 amide bonds. The number of benzene rings is 1. The quantitative estimate of drug-likeness (QED) is 0.418. The molecule has 120 valence electrons. The fourth-order valence-corrected chi connectivity index (χ4v) is 2.11. The van der Waals surface area contributed by atoms with Crippen LogP contribution in [0.2, 0.25) is 0 Å². The van der Waals surface area contributed by atoms with Crippen molar-refractivity contribution < 1.29 is 34.7 Å². The SMILES string of the molecule is O=C(/C=C/c1ccccc1)O[C@@H]1[C@@H](O)[C@H](O)O[C@H](CO)[C@H]1O. The Balaban J connectivity index is 2.01. The van der Waals surface area contributed by atoms with Crippen LogP contribution in [-0.2, 0) is 14.3 Å². The lowest BCUT2D eigenvalue weighted by Gasteiger charge is -2.39. The van der Waals surface area contributed by atoms with Crippen molar-refractivity contribution in [3.05, 3.63) is 42.0 Å². The Bertz CT molecular complexity index is 516. The van der Waals surface area contributed by atoms with Gasteiger partial charge in [0.25, 0.3) is 0 Å². The number of aliphatic hydroxyl groups excluding tert-OH is 4. The maximum Gasteiger partial charge on any atom is 0.331 e. The van der Waals surface area contributed by atoms with Gasteiger partial charge in [-0.1, -0.05) is 30.3 Å². The molecular formula is C15H18O7. The standard InChI is InChI=1S/C15H18O7/c16-8-10-12(18)14(13(19)15(20)21-10)22-11(17)7-6-9-4-2-1-3-5-9/h1-7,10,12-16,18-20H,8H2/b7-6+/t10-,12-,13-,14+,15-/m1/s1. The summed E-state index contributed by atoms with van der Waals surface area (Å²) in [4.78, 5) is 11.8. The molecule has 7 heteroatoms. The first-order valence-corrected chi connectivity index (χ1v) is 6.77. The molecule has 5 atom stereocenters. The van der Waals surface area contributed by atoms with E-state index in [4.69, 9.17) is 14.6 Å². The van der Waals surface area contributed by atoms with E-state index in [1.807, 2.05) is 6.07 Å². The minimum absolute atomic E-state index is 0.584. The normalized spacial score (nSPS) is 32.1. The third kappa shape index (κ3) is 3.90. The second-order valence-corrected chi connectivity index (χ2v) is 4.87. The highest BCUT2D eigenvalue weighted by atomic mass is 16.7. The molecule has 1 aliphatic rings. The van der Waals surface area contributed by atoms with Gasteiger partial charge >= 0.3 is 5.97 Å². The van der Waals surface area contributed by atoms with Gasteiger partial charge in [-0.15, -0.1) is 0 Å². The summed E-state index contributed by atoms with van der Waals surface area (Å²) in [5.74, 6) is -0.794. The molecule has 0 unspecified atom stereocenters. The van der Waals surface area contributed by atoms with Gasteiger partial charge in [0.05, 0.1) is 6.61 Å². The van der Waals surface area contributed by atoms with Gasteiger partial charge in [0, 0.05) is 6.08 Å². The zero-order chi connectivity index (χ0) is 16.1. The Morgan fingerprint density at radius 1 is 1.18 bits per heavy atom. The van der Waals surface area contributed by atoms with E-state index in [0.29, 0.717) is 0 Å². The lowest BCUT2D eigenvalue weighted by atomic mass is 9.99. The van der Waals surface area contributed by atoms with Gasteiger partial charge < -0.3 is 29.9 Å². The summed E-state index contributed by atoms with van der Waals surface area (Å²) in [5, 5.41) is 38.2. The predicted molar refractivity (Wildman–Crippen MR) is 75.3 cm³/mol. The van der Waals surface area contributed by atoms with Gasteiger partial charge in [-0.05, 0) is 11.6 Å². The van der Waals surface area contributed by atoms with E-state index in [-0.39, 0.29) is 0 Å². The maximum atomic E-state index is 11.8.